The monoisotopic (exact) mass is 401 g/mol. The summed E-state index contributed by atoms with van der Waals surface area (Å²) in [5.41, 5.74) is 1.72. The van der Waals surface area contributed by atoms with Crippen LogP contribution < -0.4 is 10.3 Å². The SMILES string of the molecule is CCc1ccc(C2c3c(oc4ccc(F)cc4c3=O)C(=O)N2c2ncccn2)cc1. The molecular weight excluding hydrogens is 385 g/mol. The van der Waals surface area contributed by atoms with Crippen LogP contribution in [0.15, 0.2) is 70.1 Å². The third-order valence-electron chi connectivity index (χ3n) is 5.30. The summed E-state index contributed by atoms with van der Waals surface area (Å²) in [4.78, 5) is 36.4. The maximum Gasteiger partial charge on any atom is 0.297 e. The van der Waals surface area contributed by atoms with E-state index in [-0.39, 0.29) is 28.2 Å². The van der Waals surface area contributed by atoms with E-state index in [1.807, 2.05) is 31.2 Å². The third-order valence-corrected chi connectivity index (χ3v) is 5.30. The van der Waals surface area contributed by atoms with E-state index in [9.17, 15) is 14.0 Å². The van der Waals surface area contributed by atoms with Gasteiger partial charge in [0.25, 0.3) is 5.91 Å². The van der Waals surface area contributed by atoms with Crippen molar-refractivity contribution in [1.29, 1.82) is 0 Å². The Bertz CT molecular complexity index is 1330. The topological polar surface area (TPSA) is 76.3 Å². The van der Waals surface area contributed by atoms with Crippen molar-refractivity contribution >= 4 is 22.8 Å². The smallest absolute Gasteiger partial charge is 0.297 e. The number of amides is 1. The number of nitrogens with zero attached hydrogens (tertiary/aromatic N) is 3. The first kappa shape index (κ1) is 18.2. The highest BCUT2D eigenvalue weighted by Crippen LogP contribution is 2.39. The van der Waals surface area contributed by atoms with E-state index in [1.165, 1.54) is 29.4 Å². The Morgan fingerprint density at radius 3 is 2.50 bits per heavy atom. The summed E-state index contributed by atoms with van der Waals surface area (Å²) >= 11 is 0. The first-order chi connectivity index (χ1) is 14.6. The standard InChI is InChI=1S/C23H16FN3O3/c1-2-13-4-6-14(7-5-13)19-18-20(28)16-12-15(24)8-9-17(16)30-21(18)22(29)27(19)23-25-10-3-11-26-23/h3-12,19H,2H2,1H3. The predicted octanol–water partition coefficient (Wildman–Crippen LogP) is 4.03. The quantitative estimate of drug-likeness (QED) is 0.518. The van der Waals surface area contributed by atoms with Gasteiger partial charge >= 0.3 is 0 Å². The fraction of sp³-hybridized carbons (Fsp3) is 0.130. The number of anilines is 1. The van der Waals surface area contributed by atoms with Crippen molar-refractivity contribution in [2.24, 2.45) is 0 Å². The van der Waals surface area contributed by atoms with Gasteiger partial charge in [0.05, 0.1) is 17.0 Å². The number of halogens is 1. The third kappa shape index (κ3) is 2.70. The average molecular weight is 401 g/mol. The van der Waals surface area contributed by atoms with Gasteiger partial charge < -0.3 is 4.42 Å². The van der Waals surface area contributed by atoms with Gasteiger partial charge in [-0.15, -0.1) is 0 Å². The van der Waals surface area contributed by atoms with E-state index in [2.05, 4.69) is 9.97 Å². The van der Waals surface area contributed by atoms with Crippen molar-refractivity contribution in [2.75, 3.05) is 4.90 Å². The first-order valence-electron chi connectivity index (χ1n) is 9.54. The van der Waals surface area contributed by atoms with Crippen LogP contribution in [0.25, 0.3) is 11.0 Å². The summed E-state index contributed by atoms with van der Waals surface area (Å²) in [6.07, 6.45) is 3.91. The molecule has 1 unspecified atom stereocenters. The second-order valence-corrected chi connectivity index (χ2v) is 7.04. The molecule has 2 aromatic heterocycles. The zero-order valence-corrected chi connectivity index (χ0v) is 16.0. The lowest BCUT2D eigenvalue weighted by Gasteiger charge is -2.23. The van der Waals surface area contributed by atoms with E-state index < -0.39 is 23.2 Å². The van der Waals surface area contributed by atoms with Crippen molar-refractivity contribution < 1.29 is 13.6 Å². The molecule has 0 saturated heterocycles. The summed E-state index contributed by atoms with van der Waals surface area (Å²) in [5.74, 6) is -0.973. The minimum absolute atomic E-state index is 0.0730. The Labute approximate surface area is 170 Å². The molecule has 1 aliphatic rings. The van der Waals surface area contributed by atoms with Crippen LogP contribution in [0.3, 0.4) is 0 Å². The van der Waals surface area contributed by atoms with Gasteiger partial charge in [-0.2, -0.15) is 0 Å². The first-order valence-corrected chi connectivity index (χ1v) is 9.54. The molecule has 0 saturated carbocycles. The van der Waals surface area contributed by atoms with Crippen LogP contribution in [0.4, 0.5) is 10.3 Å². The molecule has 0 aliphatic carbocycles. The Kier molecular flexibility index (Phi) is 4.17. The van der Waals surface area contributed by atoms with Crippen LogP contribution in [0.1, 0.15) is 40.2 Å². The van der Waals surface area contributed by atoms with Gasteiger partial charge in [0.15, 0.2) is 5.43 Å². The zero-order chi connectivity index (χ0) is 20.8. The number of carbonyl (C=O) groups excluding carboxylic acids is 1. The molecule has 6 nitrogen and oxygen atoms in total. The van der Waals surface area contributed by atoms with Gasteiger partial charge in [0, 0.05) is 12.4 Å². The lowest BCUT2D eigenvalue weighted by molar-refractivity contribution is 0.0969. The van der Waals surface area contributed by atoms with Crippen LogP contribution in [0.5, 0.6) is 0 Å². The molecule has 0 spiro atoms. The minimum Gasteiger partial charge on any atom is -0.450 e. The molecule has 3 heterocycles. The number of benzene rings is 2. The van der Waals surface area contributed by atoms with Gasteiger partial charge in [0.1, 0.15) is 11.4 Å². The Morgan fingerprint density at radius 1 is 1.07 bits per heavy atom. The fourth-order valence-corrected chi connectivity index (χ4v) is 3.82. The summed E-state index contributed by atoms with van der Waals surface area (Å²) in [6, 6.07) is 12.2. The highest BCUT2D eigenvalue weighted by atomic mass is 19.1. The number of fused-ring (bicyclic) bond motifs is 2. The molecule has 5 rings (SSSR count). The van der Waals surface area contributed by atoms with Gasteiger partial charge in [-0.3, -0.25) is 14.5 Å². The largest absolute Gasteiger partial charge is 0.450 e. The molecule has 2 aromatic carbocycles. The number of hydrogen-bond donors (Lipinski definition) is 0. The maximum absolute atomic E-state index is 13.8. The number of aromatic nitrogens is 2. The van der Waals surface area contributed by atoms with Crippen LogP contribution >= 0.6 is 0 Å². The van der Waals surface area contributed by atoms with Crippen molar-refractivity contribution in [3.05, 3.63) is 99.4 Å². The predicted molar refractivity (Wildman–Crippen MR) is 109 cm³/mol. The molecule has 0 radical (unpaired) electrons. The van der Waals surface area contributed by atoms with E-state index in [0.29, 0.717) is 0 Å². The van der Waals surface area contributed by atoms with Crippen molar-refractivity contribution in [2.45, 2.75) is 19.4 Å². The molecule has 1 atom stereocenters. The Morgan fingerprint density at radius 2 is 1.80 bits per heavy atom. The van der Waals surface area contributed by atoms with Crippen molar-refractivity contribution in [3.63, 3.8) is 0 Å². The number of hydrogen-bond acceptors (Lipinski definition) is 5. The molecule has 7 heteroatoms. The van der Waals surface area contributed by atoms with Crippen LogP contribution in [0, 0.1) is 5.82 Å². The Balaban J connectivity index is 1.80. The van der Waals surface area contributed by atoms with E-state index >= 15 is 0 Å². The molecule has 0 bridgehead atoms. The summed E-state index contributed by atoms with van der Waals surface area (Å²) in [6.45, 7) is 2.04. The molecule has 0 fully saturated rings. The lowest BCUT2D eigenvalue weighted by Crippen LogP contribution is -2.31. The van der Waals surface area contributed by atoms with E-state index in [0.717, 1.165) is 23.6 Å². The van der Waals surface area contributed by atoms with Crippen molar-refractivity contribution in [3.8, 4) is 0 Å². The molecule has 148 valence electrons. The van der Waals surface area contributed by atoms with Gasteiger partial charge in [-0.25, -0.2) is 14.4 Å². The Hall–Kier alpha value is -3.87. The maximum atomic E-state index is 13.8. The van der Waals surface area contributed by atoms with Gasteiger partial charge in [-0.05, 0) is 41.8 Å². The van der Waals surface area contributed by atoms with Crippen LogP contribution in [-0.4, -0.2) is 15.9 Å². The summed E-state index contributed by atoms with van der Waals surface area (Å²) < 4.78 is 19.6. The summed E-state index contributed by atoms with van der Waals surface area (Å²) in [7, 11) is 0. The zero-order valence-electron chi connectivity index (χ0n) is 16.0. The molecule has 4 aromatic rings. The highest BCUT2D eigenvalue weighted by Gasteiger charge is 2.44. The molecular formula is C23H16FN3O3. The summed E-state index contributed by atoms with van der Waals surface area (Å²) in [5, 5.41) is 0.0903. The van der Waals surface area contributed by atoms with Crippen LogP contribution in [-0.2, 0) is 6.42 Å². The van der Waals surface area contributed by atoms with E-state index in [4.69, 9.17) is 4.42 Å². The number of carbonyl (C=O) groups is 1. The highest BCUT2D eigenvalue weighted by molar-refractivity contribution is 6.09. The normalized spacial score (nSPS) is 15.6. The average Bonchev–Trinajstić information content (AvgIpc) is 3.07. The van der Waals surface area contributed by atoms with Crippen molar-refractivity contribution in [1.82, 2.24) is 9.97 Å². The molecule has 30 heavy (non-hydrogen) atoms. The second-order valence-electron chi connectivity index (χ2n) is 7.04. The van der Waals surface area contributed by atoms with Gasteiger partial charge in [-0.1, -0.05) is 31.2 Å². The minimum atomic E-state index is -0.773. The molecule has 1 amide bonds. The van der Waals surface area contributed by atoms with E-state index in [1.54, 1.807) is 6.07 Å². The fourth-order valence-electron chi connectivity index (χ4n) is 3.82. The van der Waals surface area contributed by atoms with Crippen LogP contribution in [0.2, 0.25) is 0 Å². The number of aryl methyl sites for hydroxylation is 1. The lowest BCUT2D eigenvalue weighted by atomic mass is 9.97. The van der Waals surface area contributed by atoms with Gasteiger partial charge in [0.2, 0.25) is 11.7 Å². The molecule has 0 N–H and O–H groups in total. The molecule has 1 aliphatic heterocycles. The number of rotatable bonds is 3. The second kappa shape index (κ2) is 6.88.